The lowest BCUT2D eigenvalue weighted by Gasteiger charge is -2.56. The van der Waals surface area contributed by atoms with Gasteiger partial charge in [-0.25, -0.2) is 0 Å². The average molecular weight is 320 g/mol. The van der Waals surface area contributed by atoms with Crippen molar-refractivity contribution in [3.63, 3.8) is 0 Å². The van der Waals surface area contributed by atoms with Gasteiger partial charge >= 0.3 is 0 Å². The number of rotatable bonds is 5. The van der Waals surface area contributed by atoms with Crippen LogP contribution in [-0.2, 0) is 0 Å². The summed E-state index contributed by atoms with van der Waals surface area (Å²) in [5.41, 5.74) is 1.49. The Balaban J connectivity index is 1.19. The summed E-state index contributed by atoms with van der Waals surface area (Å²) in [4.78, 5) is 8.13. The van der Waals surface area contributed by atoms with E-state index in [2.05, 4.69) is 28.7 Å². The van der Waals surface area contributed by atoms with Gasteiger partial charge in [0.25, 0.3) is 0 Å². The smallest absolute Gasteiger partial charge is 0.0113 e. The van der Waals surface area contributed by atoms with Gasteiger partial charge in [-0.1, -0.05) is 13.3 Å². The Labute approximate surface area is 143 Å². The first-order valence-electron chi connectivity index (χ1n) is 10.3. The van der Waals surface area contributed by atoms with Gasteiger partial charge < -0.3 is 9.80 Å². The number of hydrogen-bond donors (Lipinski definition) is 0. The molecule has 2 aliphatic heterocycles. The van der Waals surface area contributed by atoms with Crippen molar-refractivity contribution in [2.45, 2.75) is 64.3 Å². The van der Waals surface area contributed by atoms with E-state index in [1.165, 1.54) is 97.2 Å². The lowest BCUT2D eigenvalue weighted by molar-refractivity contribution is -0.0535. The Morgan fingerprint density at radius 1 is 0.870 bits per heavy atom. The Morgan fingerprint density at radius 3 is 2.09 bits per heavy atom. The van der Waals surface area contributed by atoms with Crippen molar-refractivity contribution in [1.29, 1.82) is 0 Å². The summed E-state index contributed by atoms with van der Waals surface area (Å²) < 4.78 is 0. The molecule has 2 heterocycles. The fourth-order valence-electron chi connectivity index (χ4n) is 5.65. The van der Waals surface area contributed by atoms with Crippen molar-refractivity contribution in [3.8, 4) is 0 Å². The van der Waals surface area contributed by atoms with E-state index >= 15 is 0 Å². The Hall–Kier alpha value is -0.120. The largest absolute Gasteiger partial charge is 0.306 e. The van der Waals surface area contributed by atoms with E-state index in [0.717, 1.165) is 16.9 Å². The van der Waals surface area contributed by atoms with Crippen molar-refractivity contribution in [2.75, 3.05) is 52.9 Å². The van der Waals surface area contributed by atoms with Crippen molar-refractivity contribution in [1.82, 2.24) is 14.7 Å². The molecule has 0 aromatic rings. The SMILES string of the molecule is CCCC1(CN2CCN(C3CC4(CCN(C)CC4)C3)CC2)CC1. The Morgan fingerprint density at radius 2 is 1.52 bits per heavy atom. The van der Waals surface area contributed by atoms with E-state index in [1.54, 1.807) is 0 Å². The van der Waals surface area contributed by atoms with E-state index < -0.39 is 0 Å². The molecule has 0 aromatic carbocycles. The maximum Gasteiger partial charge on any atom is 0.0113 e. The number of likely N-dealkylation sites (tertiary alicyclic amines) is 1. The molecule has 0 unspecified atom stereocenters. The summed E-state index contributed by atoms with van der Waals surface area (Å²) >= 11 is 0. The maximum absolute atomic E-state index is 2.83. The van der Waals surface area contributed by atoms with Crippen LogP contribution in [0.5, 0.6) is 0 Å². The molecule has 2 saturated carbocycles. The second-order valence-corrected chi connectivity index (χ2v) is 9.43. The molecule has 3 nitrogen and oxygen atoms in total. The maximum atomic E-state index is 2.83. The molecular weight excluding hydrogens is 282 g/mol. The van der Waals surface area contributed by atoms with Gasteiger partial charge in [-0.3, -0.25) is 4.90 Å². The number of nitrogens with zero attached hydrogens (tertiary/aromatic N) is 3. The first-order valence-corrected chi connectivity index (χ1v) is 10.3. The van der Waals surface area contributed by atoms with Gasteiger partial charge in [0.1, 0.15) is 0 Å². The molecule has 0 radical (unpaired) electrons. The van der Waals surface area contributed by atoms with Gasteiger partial charge in [0.15, 0.2) is 0 Å². The third-order valence-corrected chi connectivity index (χ3v) is 7.60. The molecule has 2 saturated heterocycles. The van der Waals surface area contributed by atoms with E-state index in [0.29, 0.717) is 0 Å². The van der Waals surface area contributed by atoms with Crippen LogP contribution in [0.15, 0.2) is 0 Å². The molecule has 132 valence electrons. The van der Waals surface area contributed by atoms with Gasteiger partial charge in [-0.15, -0.1) is 0 Å². The van der Waals surface area contributed by atoms with Gasteiger partial charge in [-0.2, -0.15) is 0 Å². The summed E-state index contributed by atoms with van der Waals surface area (Å²) in [5.74, 6) is 0. The van der Waals surface area contributed by atoms with Crippen molar-refractivity contribution in [2.24, 2.45) is 10.8 Å². The first-order chi connectivity index (χ1) is 11.1. The molecule has 4 fully saturated rings. The van der Waals surface area contributed by atoms with Crippen LogP contribution in [0.2, 0.25) is 0 Å². The molecule has 0 bridgehead atoms. The fourth-order valence-corrected chi connectivity index (χ4v) is 5.65. The van der Waals surface area contributed by atoms with Crippen LogP contribution in [0, 0.1) is 10.8 Å². The Kier molecular flexibility index (Phi) is 4.49. The first kappa shape index (κ1) is 16.4. The highest BCUT2D eigenvalue weighted by atomic mass is 15.3. The summed E-state index contributed by atoms with van der Waals surface area (Å²) in [6, 6.07) is 0.922. The van der Waals surface area contributed by atoms with Crippen LogP contribution in [0.1, 0.15) is 58.3 Å². The molecule has 23 heavy (non-hydrogen) atoms. The summed E-state index contributed by atoms with van der Waals surface area (Å²) in [5, 5.41) is 0. The van der Waals surface area contributed by atoms with Gasteiger partial charge in [0.2, 0.25) is 0 Å². The second kappa shape index (κ2) is 6.31. The average Bonchev–Trinajstić information content (AvgIpc) is 3.27. The van der Waals surface area contributed by atoms with Crippen LogP contribution in [0.3, 0.4) is 0 Å². The van der Waals surface area contributed by atoms with Crippen molar-refractivity contribution < 1.29 is 0 Å². The van der Waals surface area contributed by atoms with Gasteiger partial charge in [-0.05, 0) is 75.9 Å². The zero-order chi connectivity index (χ0) is 15.9. The molecule has 4 aliphatic rings. The molecule has 3 heteroatoms. The molecule has 4 rings (SSSR count). The molecular formula is C20H37N3. The second-order valence-electron chi connectivity index (χ2n) is 9.43. The van der Waals surface area contributed by atoms with Crippen LogP contribution in [-0.4, -0.2) is 73.6 Å². The zero-order valence-corrected chi connectivity index (χ0v) is 15.5. The minimum absolute atomic E-state index is 0.742. The lowest BCUT2D eigenvalue weighted by Crippen LogP contribution is -2.59. The molecule has 0 N–H and O–H groups in total. The molecule has 2 aliphatic carbocycles. The van der Waals surface area contributed by atoms with E-state index in [9.17, 15) is 0 Å². The van der Waals surface area contributed by atoms with E-state index in [4.69, 9.17) is 0 Å². The summed E-state index contributed by atoms with van der Waals surface area (Å²) in [6.45, 7) is 11.8. The number of hydrogen-bond acceptors (Lipinski definition) is 3. The third-order valence-electron chi connectivity index (χ3n) is 7.60. The van der Waals surface area contributed by atoms with Crippen molar-refractivity contribution >= 4 is 0 Å². The lowest BCUT2D eigenvalue weighted by atomic mass is 9.60. The molecule has 0 amide bonds. The highest BCUT2D eigenvalue weighted by Gasteiger charge is 2.48. The standard InChI is InChI=1S/C20H37N3/c1-3-4-19(5-6-19)17-22-11-13-23(14-12-22)18-15-20(16-18)7-9-21(2)10-8-20/h18H,3-17H2,1-2H3. The van der Waals surface area contributed by atoms with Crippen LogP contribution < -0.4 is 0 Å². The van der Waals surface area contributed by atoms with E-state index in [1.807, 2.05) is 0 Å². The van der Waals surface area contributed by atoms with E-state index in [-0.39, 0.29) is 0 Å². The Bertz CT molecular complexity index is 393. The number of piperidine rings is 1. The zero-order valence-electron chi connectivity index (χ0n) is 15.5. The minimum Gasteiger partial charge on any atom is -0.306 e. The summed E-state index contributed by atoms with van der Waals surface area (Å²) in [7, 11) is 2.29. The monoisotopic (exact) mass is 319 g/mol. The normalized spacial score (nSPS) is 32.1. The third kappa shape index (κ3) is 3.48. The predicted molar refractivity (Wildman–Crippen MR) is 96.8 cm³/mol. The van der Waals surface area contributed by atoms with Crippen LogP contribution in [0.25, 0.3) is 0 Å². The number of piperazine rings is 1. The van der Waals surface area contributed by atoms with Crippen molar-refractivity contribution in [3.05, 3.63) is 0 Å². The molecule has 0 atom stereocenters. The topological polar surface area (TPSA) is 9.72 Å². The fraction of sp³-hybridized carbons (Fsp3) is 1.00. The van der Waals surface area contributed by atoms with Crippen LogP contribution in [0.4, 0.5) is 0 Å². The highest BCUT2D eigenvalue weighted by molar-refractivity contribution is 5.02. The minimum atomic E-state index is 0.742. The van der Waals surface area contributed by atoms with Gasteiger partial charge in [0, 0.05) is 38.8 Å². The molecule has 1 spiro atoms. The van der Waals surface area contributed by atoms with Gasteiger partial charge in [0.05, 0.1) is 0 Å². The predicted octanol–water partition coefficient (Wildman–Crippen LogP) is 3.06. The quantitative estimate of drug-likeness (QED) is 0.771. The summed E-state index contributed by atoms with van der Waals surface area (Å²) in [6.07, 6.45) is 11.8. The van der Waals surface area contributed by atoms with Crippen LogP contribution >= 0.6 is 0 Å². The molecule has 0 aromatic heterocycles. The highest BCUT2D eigenvalue weighted by Crippen LogP contribution is 2.52.